The summed E-state index contributed by atoms with van der Waals surface area (Å²) in [7, 11) is 1.97. The van der Waals surface area contributed by atoms with Gasteiger partial charge in [-0.05, 0) is 30.5 Å². The first-order chi connectivity index (χ1) is 10.6. The number of benzene rings is 1. The molecule has 3 rings (SSSR count). The number of ether oxygens (including phenoxy) is 1. The normalized spacial score (nSPS) is 22.0. The van der Waals surface area contributed by atoms with Crippen molar-refractivity contribution >= 4 is 11.6 Å². The molecule has 22 heavy (non-hydrogen) atoms. The number of nitrogens with one attached hydrogen (secondary N) is 1. The first-order valence-corrected chi connectivity index (χ1v) is 7.79. The van der Waals surface area contributed by atoms with E-state index in [1.165, 1.54) is 12.1 Å². The predicted octanol–water partition coefficient (Wildman–Crippen LogP) is 3.22. The molecule has 118 valence electrons. The third-order valence-corrected chi connectivity index (χ3v) is 4.36. The number of imidazole rings is 1. The lowest BCUT2D eigenvalue weighted by Crippen LogP contribution is -2.40. The van der Waals surface area contributed by atoms with Crippen molar-refractivity contribution < 1.29 is 9.13 Å². The summed E-state index contributed by atoms with van der Waals surface area (Å²) in [5, 5.41) is 3.92. The van der Waals surface area contributed by atoms with Crippen LogP contribution in [0.4, 0.5) is 4.39 Å². The van der Waals surface area contributed by atoms with Gasteiger partial charge in [-0.1, -0.05) is 17.7 Å². The van der Waals surface area contributed by atoms with Gasteiger partial charge in [0.15, 0.2) is 0 Å². The molecule has 1 saturated heterocycles. The van der Waals surface area contributed by atoms with E-state index in [9.17, 15) is 4.39 Å². The number of aromatic nitrogens is 2. The Labute approximate surface area is 134 Å². The number of aryl methyl sites for hydroxylation is 1. The van der Waals surface area contributed by atoms with Crippen LogP contribution < -0.4 is 5.32 Å². The summed E-state index contributed by atoms with van der Waals surface area (Å²) in [6, 6.07) is 4.64. The Balaban J connectivity index is 1.71. The minimum atomic E-state index is -0.319. The molecule has 2 heterocycles. The Hall–Kier alpha value is -1.43. The van der Waals surface area contributed by atoms with Gasteiger partial charge in [0.05, 0.1) is 0 Å². The summed E-state index contributed by atoms with van der Waals surface area (Å²) in [5.41, 5.74) is 0.882. The lowest BCUT2D eigenvalue weighted by atomic mass is 10.0. The third-order valence-electron chi connectivity index (χ3n) is 4.01. The van der Waals surface area contributed by atoms with Crippen molar-refractivity contribution in [3.8, 4) is 0 Å². The summed E-state index contributed by atoms with van der Waals surface area (Å²) in [6.45, 7) is 1.32. The number of nitrogens with zero attached hydrogens (tertiary/aromatic N) is 2. The molecule has 0 aliphatic carbocycles. The van der Waals surface area contributed by atoms with Crippen LogP contribution in [0.5, 0.6) is 0 Å². The molecule has 1 aliphatic heterocycles. The van der Waals surface area contributed by atoms with Crippen molar-refractivity contribution in [2.45, 2.75) is 31.5 Å². The fourth-order valence-corrected chi connectivity index (χ4v) is 3.04. The summed E-state index contributed by atoms with van der Waals surface area (Å²) in [4.78, 5) is 4.40. The van der Waals surface area contributed by atoms with Crippen LogP contribution in [-0.2, 0) is 18.3 Å². The molecule has 1 aromatic heterocycles. The summed E-state index contributed by atoms with van der Waals surface area (Å²) >= 11 is 6.08. The maximum Gasteiger partial charge on any atom is 0.139 e. The Morgan fingerprint density at radius 3 is 3.09 bits per heavy atom. The molecule has 1 aromatic carbocycles. The number of halogens is 2. The topological polar surface area (TPSA) is 39.1 Å². The van der Waals surface area contributed by atoms with Gasteiger partial charge in [0, 0.05) is 43.7 Å². The molecular weight excluding hydrogens is 305 g/mol. The summed E-state index contributed by atoms with van der Waals surface area (Å²) in [5.74, 6) is 0.600. The summed E-state index contributed by atoms with van der Waals surface area (Å²) in [6.07, 6.45) is 5.64. The van der Waals surface area contributed by atoms with Crippen molar-refractivity contribution in [1.29, 1.82) is 0 Å². The SMILES string of the molecule is Cn1ccnc1[C@H]1OCCC[C@@H]1NCc1ccc(F)cc1Cl. The minimum Gasteiger partial charge on any atom is -0.369 e. The minimum absolute atomic E-state index is 0.0760. The van der Waals surface area contributed by atoms with Crippen LogP contribution in [0.2, 0.25) is 5.02 Å². The molecule has 0 saturated carbocycles. The molecule has 6 heteroatoms. The highest BCUT2D eigenvalue weighted by Gasteiger charge is 2.29. The molecule has 1 N–H and O–H groups in total. The molecule has 0 amide bonds. The summed E-state index contributed by atoms with van der Waals surface area (Å²) < 4.78 is 21.0. The molecule has 2 atom stereocenters. The van der Waals surface area contributed by atoms with Crippen LogP contribution in [-0.4, -0.2) is 22.2 Å². The van der Waals surface area contributed by atoms with Crippen molar-refractivity contribution in [1.82, 2.24) is 14.9 Å². The van der Waals surface area contributed by atoms with Crippen LogP contribution in [0.3, 0.4) is 0 Å². The molecule has 1 fully saturated rings. The van der Waals surface area contributed by atoms with Gasteiger partial charge in [0.25, 0.3) is 0 Å². The van der Waals surface area contributed by atoms with E-state index >= 15 is 0 Å². The van der Waals surface area contributed by atoms with E-state index < -0.39 is 0 Å². The van der Waals surface area contributed by atoms with Gasteiger partial charge in [-0.15, -0.1) is 0 Å². The molecule has 0 radical (unpaired) electrons. The fraction of sp³-hybridized carbons (Fsp3) is 0.438. The van der Waals surface area contributed by atoms with Gasteiger partial charge in [0.2, 0.25) is 0 Å². The van der Waals surface area contributed by atoms with Crippen molar-refractivity contribution in [3.05, 3.63) is 52.8 Å². The Bertz CT molecular complexity index is 646. The average molecular weight is 324 g/mol. The molecule has 2 aromatic rings. The molecular formula is C16H19ClFN3O. The van der Waals surface area contributed by atoms with Gasteiger partial charge < -0.3 is 14.6 Å². The Kier molecular flexibility index (Phi) is 4.76. The quantitative estimate of drug-likeness (QED) is 0.939. The van der Waals surface area contributed by atoms with E-state index in [-0.39, 0.29) is 18.0 Å². The van der Waals surface area contributed by atoms with Crippen LogP contribution in [0.15, 0.2) is 30.6 Å². The standard InChI is InChI=1S/C16H19ClFN3O/c1-21-7-6-19-16(21)15-14(3-2-8-22-15)20-10-11-4-5-12(18)9-13(11)17/h4-7,9,14-15,20H,2-3,8,10H2,1H3/t14-,15-/m0/s1. The third kappa shape index (κ3) is 3.32. The molecule has 0 unspecified atom stereocenters. The van der Waals surface area contributed by atoms with E-state index in [4.69, 9.17) is 16.3 Å². The molecule has 1 aliphatic rings. The lowest BCUT2D eigenvalue weighted by Gasteiger charge is -2.32. The Morgan fingerprint density at radius 1 is 1.50 bits per heavy atom. The van der Waals surface area contributed by atoms with E-state index in [0.29, 0.717) is 11.6 Å². The largest absolute Gasteiger partial charge is 0.369 e. The van der Waals surface area contributed by atoms with Gasteiger partial charge in [0.1, 0.15) is 17.7 Å². The molecule has 0 spiro atoms. The maximum atomic E-state index is 13.1. The van der Waals surface area contributed by atoms with E-state index in [1.54, 1.807) is 12.3 Å². The first-order valence-electron chi connectivity index (χ1n) is 7.41. The number of hydrogen-bond donors (Lipinski definition) is 1. The number of hydrogen-bond acceptors (Lipinski definition) is 3. The average Bonchev–Trinajstić information content (AvgIpc) is 2.93. The highest BCUT2D eigenvalue weighted by Crippen LogP contribution is 2.28. The zero-order valence-electron chi connectivity index (χ0n) is 12.4. The maximum absolute atomic E-state index is 13.1. The Morgan fingerprint density at radius 2 is 2.36 bits per heavy atom. The van der Waals surface area contributed by atoms with E-state index in [2.05, 4.69) is 10.3 Å². The highest BCUT2D eigenvalue weighted by atomic mass is 35.5. The first kappa shape index (κ1) is 15.5. The van der Waals surface area contributed by atoms with Crippen molar-refractivity contribution in [3.63, 3.8) is 0 Å². The van der Waals surface area contributed by atoms with Gasteiger partial charge in [-0.2, -0.15) is 0 Å². The van der Waals surface area contributed by atoms with E-state index in [1.807, 2.05) is 17.8 Å². The lowest BCUT2D eigenvalue weighted by molar-refractivity contribution is -0.0178. The van der Waals surface area contributed by atoms with Crippen LogP contribution >= 0.6 is 11.6 Å². The fourth-order valence-electron chi connectivity index (χ4n) is 2.80. The predicted molar refractivity (Wildman–Crippen MR) is 83.2 cm³/mol. The van der Waals surface area contributed by atoms with Crippen LogP contribution in [0.1, 0.15) is 30.3 Å². The van der Waals surface area contributed by atoms with Crippen LogP contribution in [0, 0.1) is 5.82 Å². The molecule has 4 nitrogen and oxygen atoms in total. The molecule has 0 bridgehead atoms. The second kappa shape index (κ2) is 6.77. The zero-order chi connectivity index (χ0) is 15.5. The second-order valence-corrected chi connectivity index (χ2v) is 5.96. The zero-order valence-corrected chi connectivity index (χ0v) is 13.2. The van der Waals surface area contributed by atoms with Gasteiger partial charge >= 0.3 is 0 Å². The monoisotopic (exact) mass is 323 g/mol. The van der Waals surface area contributed by atoms with E-state index in [0.717, 1.165) is 30.8 Å². The van der Waals surface area contributed by atoms with Gasteiger partial charge in [-0.25, -0.2) is 9.37 Å². The van der Waals surface area contributed by atoms with Crippen molar-refractivity contribution in [2.75, 3.05) is 6.61 Å². The van der Waals surface area contributed by atoms with Crippen molar-refractivity contribution in [2.24, 2.45) is 7.05 Å². The smallest absolute Gasteiger partial charge is 0.139 e. The second-order valence-electron chi connectivity index (χ2n) is 5.55. The van der Waals surface area contributed by atoms with Crippen LogP contribution in [0.25, 0.3) is 0 Å². The highest BCUT2D eigenvalue weighted by molar-refractivity contribution is 6.31. The number of rotatable bonds is 4. The van der Waals surface area contributed by atoms with Gasteiger partial charge in [-0.3, -0.25) is 0 Å².